The molecule has 0 radical (unpaired) electrons. The van der Waals surface area contributed by atoms with Crippen molar-refractivity contribution in [1.82, 2.24) is 4.98 Å². The summed E-state index contributed by atoms with van der Waals surface area (Å²) < 4.78 is 0. The van der Waals surface area contributed by atoms with Crippen molar-refractivity contribution in [3.8, 4) is 0 Å². The van der Waals surface area contributed by atoms with Crippen molar-refractivity contribution in [3.63, 3.8) is 0 Å². The summed E-state index contributed by atoms with van der Waals surface area (Å²) >= 11 is 5.95. The van der Waals surface area contributed by atoms with Crippen molar-refractivity contribution in [2.75, 3.05) is 5.73 Å². The van der Waals surface area contributed by atoms with Gasteiger partial charge in [-0.1, -0.05) is 41.9 Å². The molecule has 0 bridgehead atoms. The summed E-state index contributed by atoms with van der Waals surface area (Å²) in [6.07, 6.45) is 2.73. The number of hydrogen-bond acceptors (Lipinski definition) is 3. The highest BCUT2D eigenvalue weighted by atomic mass is 35.5. The summed E-state index contributed by atoms with van der Waals surface area (Å²) in [6.45, 7) is 0. The fourth-order valence-electron chi connectivity index (χ4n) is 2.61. The molecule has 0 amide bonds. The van der Waals surface area contributed by atoms with E-state index < -0.39 is 6.10 Å². The number of aromatic nitrogens is 1. The van der Waals surface area contributed by atoms with E-state index in [1.165, 1.54) is 6.20 Å². The first kappa shape index (κ1) is 12.5. The Hall–Kier alpha value is -1.58. The lowest BCUT2D eigenvalue weighted by molar-refractivity contribution is 0.133. The Morgan fingerprint density at radius 1 is 1.26 bits per heavy atom. The molecule has 1 aliphatic carbocycles. The van der Waals surface area contributed by atoms with Gasteiger partial charge in [-0.2, -0.15) is 0 Å². The number of halogens is 1. The zero-order chi connectivity index (χ0) is 13.5. The average molecular weight is 275 g/mol. The second kappa shape index (κ2) is 4.51. The van der Waals surface area contributed by atoms with Gasteiger partial charge in [-0.25, -0.2) is 4.98 Å². The normalized spacial score (nSPS) is 18.0. The second-order valence-corrected chi connectivity index (χ2v) is 5.49. The predicted octanol–water partition coefficient (Wildman–Crippen LogP) is 3.08. The molecule has 3 rings (SSSR count). The van der Waals surface area contributed by atoms with E-state index in [4.69, 9.17) is 17.3 Å². The highest BCUT2D eigenvalue weighted by Crippen LogP contribution is 2.57. The van der Waals surface area contributed by atoms with Crippen LogP contribution in [0.15, 0.2) is 42.6 Å². The number of benzene rings is 1. The van der Waals surface area contributed by atoms with E-state index in [9.17, 15) is 5.11 Å². The lowest BCUT2D eigenvalue weighted by Crippen LogP contribution is -2.20. The fraction of sp³-hybridized carbons (Fsp3) is 0.267. The van der Waals surface area contributed by atoms with Gasteiger partial charge in [0.05, 0.1) is 11.1 Å². The summed E-state index contributed by atoms with van der Waals surface area (Å²) in [4.78, 5) is 4.02. The smallest absolute Gasteiger partial charge is 0.129 e. The monoisotopic (exact) mass is 274 g/mol. The maximum atomic E-state index is 10.7. The molecule has 2 aromatic rings. The molecule has 1 unspecified atom stereocenters. The largest absolute Gasteiger partial charge is 0.387 e. The quantitative estimate of drug-likeness (QED) is 0.904. The molecular weight excluding hydrogens is 260 g/mol. The number of anilines is 1. The van der Waals surface area contributed by atoms with E-state index in [-0.39, 0.29) is 5.41 Å². The summed E-state index contributed by atoms with van der Waals surface area (Å²) in [5, 5.41) is 11.2. The summed E-state index contributed by atoms with van der Waals surface area (Å²) in [5.74, 6) is 0.346. The Labute approximate surface area is 117 Å². The maximum absolute atomic E-state index is 10.7. The van der Waals surface area contributed by atoms with Crippen molar-refractivity contribution >= 4 is 17.4 Å². The van der Waals surface area contributed by atoms with E-state index in [1.54, 1.807) is 6.07 Å². The lowest BCUT2D eigenvalue weighted by atomic mass is 9.86. The van der Waals surface area contributed by atoms with Crippen LogP contribution >= 0.6 is 11.6 Å². The van der Waals surface area contributed by atoms with Gasteiger partial charge in [0.25, 0.3) is 0 Å². The van der Waals surface area contributed by atoms with Crippen LogP contribution in [-0.4, -0.2) is 10.1 Å². The first-order valence-corrected chi connectivity index (χ1v) is 6.66. The third-order valence-corrected chi connectivity index (χ3v) is 4.08. The molecular formula is C15H15ClN2O. The van der Waals surface area contributed by atoms with Gasteiger partial charge in [-0.05, 0) is 24.5 Å². The number of aliphatic hydroxyl groups is 1. The molecule has 0 spiro atoms. The number of nitrogens with two attached hydrogens (primary N) is 1. The zero-order valence-corrected chi connectivity index (χ0v) is 11.1. The first-order valence-electron chi connectivity index (χ1n) is 6.28. The molecule has 3 N–H and O–H groups in total. The van der Waals surface area contributed by atoms with Gasteiger partial charge >= 0.3 is 0 Å². The van der Waals surface area contributed by atoms with Gasteiger partial charge in [0.15, 0.2) is 0 Å². The summed E-state index contributed by atoms with van der Waals surface area (Å²) in [7, 11) is 0. The van der Waals surface area contributed by atoms with Gasteiger partial charge < -0.3 is 10.8 Å². The van der Waals surface area contributed by atoms with Crippen LogP contribution < -0.4 is 5.73 Å². The molecule has 0 saturated heterocycles. The van der Waals surface area contributed by atoms with Crippen LogP contribution in [-0.2, 0) is 5.41 Å². The van der Waals surface area contributed by atoms with Crippen LogP contribution in [0.25, 0.3) is 0 Å². The summed E-state index contributed by atoms with van der Waals surface area (Å²) in [5.41, 5.74) is 7.39. The van der Waals surface area contributed by atoms with Crippen molar-refractivity contribution in [2.24, 2.45) is 0 Å². The molecule has 3 nitrogen and oxygen atoms in total. The van der Waals surface area contributed by atoms with Gasteiger partial charge in [0.1, 0.15) is 5.82 Å². The van der Waals surface area contributed by atoms with E-state index in [0.29, 0.717) is 16.4 Å². The highest BCUT2D eigenvalue weighted by Gasteiger charge is 2.51. The van der Waals surface area contributed by atoms with Gasteiger partial charge in [-0.3, -0.25) is 0 Å². The lowest BCUT2D eigenvalue weighted by Gasteiger charge is -2.24. The maximum Gasteiger partial charge on any atom is 0.129 e. The Kier molecular flexibility index (Phi) is 2.96. The minimum Gasteiger partial charge on any atom is -0.387 e. The molecule has 1 heterocycles. The second-order valence-electron chi connectivity index (χ2n) is 5.05. The SMILES string of the molecule is Nc1ncc(Cl)cc1C(O)C1(c2ccccc2)CC1. The van der Waals surface area contributed by atoms with Crippen LogP contribution in [0.4, 0.5) is 5.82 Å². The van der Waals surface area contributed by atoms with Gasteiger partial charge in [0.2, 0.25) is 0 Å². The van der Waals surface area contributed by atoms with Crippen molar-refractivity contribution in [3.05, 3.63) is 58.7 Å². The molecule has 98 valence electrons. The molecule has 19 heavy (non-hydrogen) atoms. The third kappa shape index (κ3) is 2.09. The van der Waals surface area contributed by atoms with Crippen molar-refractivity contribution in [2.45, 2.75) is 24.4 Å². The van der Waals surface area contributed by atoms with E-state index in [1.807, 2.05) is 30.3 Å². The van der Waals surface area contributed by atoms with E-state index in [2.05, 4.69) is 4.98 Å². The highest BCUT2D eigenvalue weighted by molar-refractivity contribution is 6.30. The molecule has 4 heteroatoms. The van der Waals surface area contributed by atoms with Crippen LogP contribution in [0.5, 0.6) is 0 Å². The molecule has 1 aromatic carbocycles. The number of rotatable bonds is 3. The van der Waals surface area contributed by atoms with Crippen LogP contribution in [0.1, 0.15) is 30.1 Å². The third-order valence-electron chi connectivity index (χ3n) is 3.87. The molecule has 1 saturated carbocycles. The Balaban J connectivity index is 2.00. The zero-order valence-electron chi connectivity index (χ0n) is 10.4. The van der Waals surface area contributed by atoms with Crippen LogP contribution in [0, 0.1) is 0 Å². The Morgan fingerprint density at radius 2 is 1.95 bits per heavy atom. The van der Waals surface area contributed by atoms with Crippen LogP contribution in [0.2, 0.25) is 5.02 Å². The Morgan fingerprint density at radius 3 is 2.58 bits per heavy atom. The van der Waals surface area contributed by atoms with Gasteiger partial charge in [0, 0.05) is 17.2 Å². The minimum atomic E-state index is -0.666. The van der Waals surface area contributed by atoms with E-state index >= 15 is 0 Å². The molecule has 1 aromatic heterocycles. The number of nitrogens with zero attached hydrogens (tertiary/aromatic N) is 1. The molecule has 1 aliphatic rings. The standard InChI is InChI=1S/C15H15ClN2O/c16-11-8-12(14(17)18-9-11)13(19)15(6-7-15)10-4-2-1-3-5-10/h1-5,8-9,13,19H,6-7H2,(H2,17,18). The first-order chi connectivity index (χ1) is 9.13. The van der Waals surface area contributed by atoms with Crippen LogP contribution in [0.3, 0.4) is 0 Å². The molecule has 1 atom stereocenters. The fourth-order valence-corrected chi connectivity index (χ4v) is 2.77. The summed E-state index contributed by atoms with van der Waals surface area (Å²) in [6, 6.07) is 11.7. The van der Waals surface area contributed by atoms with Crippen molar-refractivity contribution in [1.29, 1.82) is 0 Å². The minimum absolute atomic E-state index is 0.234. The number of aliphatic hydroxyl groups excluding tert-OH is 1. The molecule has 1 fully saturated rings. The topological polar surface area (TPSA) is 59.1 Å². The number of pyridine rings is 1. The van der Waals surface area contributed by atoms with Gasteiger partial charge in [-0.15, -0.1) is 0 Å². The Bertz CT molecular complexity index is 596. The average Bonchev–Trinajstić information content (AvgIpc) is 3.23. The number of nitrogen functional groups attached to an aromatic ring is 1. The van der Waals surface area contributed by atoms with Crippen molar-refractivity contribution < 1.29 is 5.11 Å². The van der Waals surface area contributed by atoms with E-state index in [0.717, 1.165) is 18.4 Å². The molecule has 0 aliphatic heterocycles. The number of hydrogen-bond donors (Lipinski definition) is 2. The predicted molar refractivity (Wildman–Crippen MR) is 76.0 cm³/mol.